The van der Waals surface area contributed by atoms with E-state index in [1.54, 1.807) is 6.92 Å². The second-order valence-corrected chi connectivity index (χ2v) is 6.38. The van der Waals surface area contributed by atoms with Gasteiger partial charge >= 0.3 is 0 Å². The molecule has 26 heavy (non-hydrogen) atoms. The van der Waals surface area contributed by atoms with Crippen molar-refractivity contribution in [2.45, 2.75) is 26.2 Å². The molecule has 0 bridgehead atoms. The molecule has 3 aromatic carbocycles. The Morgan fingerprint density at radius 1 is 0.808 bits per heavy atom. The molecule has 0 saturated carbocycles. The van der Waals surface area contributed by atoms with Crippen LogP contribution in [0.1, 0.15) is 36.5 Å². The van der Waals surface area contributed by atoms with Gasteiger partial charge in [-0.05, 0) is 48.6 Å². The van der Waals surface area contributed by atoms with Crippen LogP contribution in [0, 0.1) is 11.8 Å². The average Bonchev–Trinajstić information content (AvgIpc) is 2.68. The Labute approximate surface area is 155 Å². The van der Waals surface area contributed by atoms with Gasteiger partial charge in [0.1, 0.15) is 5.78 Å². The quantitative estimate of drug-likeness (QED) is 0.548. The lowest BCUT2D eigenvalue weighted by Gasteiger charge is -2.11. The second-order valence-electron chi connectivity index (χ2n) is 6.38. The maximum Gasteiger partial charge on any atom is 0.129 e. The van der Waals surface area contributed by atoms with Crippen molar-refractivity contribution >= 4 is 5.78 Å². The van der Waals surface area contributed by atoms with Crippen LogP contribution in [-0.2, 0) is 11.2 Å². The molecule has 3 aromatic rings. The van der Waals surface area contributed by atoms with Crippen molar-refractivity contribution in [3.05, 3.63) is 95.6 Å². The normalized spacial score (nSPS) is 10.0. The zero-order chi connectivity index (χ0) is 18.2. The summed E-state index contributed by atoms with van der Waals surface area (Å²) in [4.78, 5) is 11.3. The zero-order valence-electron chi connectivity index (χ0n) is 15.0. The second kappa shape index (κ2) is 8.83. The van der Waals surface area contributed by atoms with Crippen molar-refractivity contribution in [1.29, 1.82) is 0 Å². The number of hydrogen-bond acceptors (Lipinski definition) is 1. The van der Waals surface area contributed by atoms with Crippen LogP contribution in [0.25, 0.3) is 11.1 Å². The molecule has 0 saturated heterocycles. The van der Waals surface area contributed by atoms with E-state index >= 15 is 0 Å². The van der Waals surface area contributed by atoms with E-state index in [0.717, 1.165) is 29.5 Å². The standard InChI is InChI=1S/C25H22O/c1-20(26)10-8-15-23-16-9-17-24(22-13-6-3-7-14-22)25(23)19-18-21-11-4-2-5-12-21/h2-7,9,11-14,16-17H,8,10,15H2,1H3. The number of rotatable bonds is 5. The predicted molar refractivity (Wildman–Crippen MR) is 108 cm³/mol. The summed E-state index contributed by atoms with van der Waals surface area (Å²) in [6.45, 7) is 1.65. The summed E-state index contributed by atoms with van der Waals surface area (Å²) in [5.41, 5.74) is 5.58. The highest BCUT2D eigenvalue weighted by Crippen LogP contribution is 2.26. The van der Waals surface area contributed by atoms with Crippen molar-refractivity contribution in [1.82, 2.24) is 0 Å². The SMILES string of the molecule is CC(=O)CCCc1cccc(-c2ccccc2)c1C#Cc1ccccc1. The molecule has 0 spiro atoms. The van der Waals surface area contributed by atoms with E-state index in [1.165, 1.54) is 11.1 Å². The monoisotopic (exact) mass is 338 g/mol. The van der Waals surface area contributed by atoms with Crippen LogP contribution in [-0.4, -0.2) is 5.78 Å². The lowest BCUT2D eigenvalue weighted by molar-refractivity contribution is -0.117. The molecule has 0 aliphatic carbocycles. The van der Waals surface area contributed by atoms with Gasteiger partial charge in [0, 0.05) is 17.5 Å². The highest BCUT2D eigenvalue weighted by atomic mass is 16.1. The summed E-state index contributed by atoms with van der Waals surface area (Å²) >= 11 is 0. The molecule has 0 fully saturated rings. The van der Waals surface area contributed by atoms with Gasteiger partial charge in [-0.25, -0.2) is 0 Å². The molecule has 0 aliphatic rings. The van der Waals surface area contributed by atoms with Crippen LogP contribution in [0.15, 0.2) is 78.9 Å². The van der Waals surface area contributed by atoms with Gasteiger partial charge in [-0.1, -0.05) is 78.6 Å². The average molecular weight is 338 g/mol. The van der Waals surface area contributed by atoms with E-state index in [-0.39, 0.29) is 5.78 Å². The van der Waals surface area contributed by atoms with Gasteiger partial charge in [-0.3, -0.25) is 0 Å². The Morgan fingerprint density at radius 3 is 2.19 bits per heavy atom. The first kappa shape index (κ1) is 17.7. The fourth-order valence-corrected chi connectivity index (χ4v) is 3.00. The summed E-state index contributed by atoms with van der Waals surface area (Å²) in [6.07, 6.45) is 2.33. The van der Waals surface area contributed by atoms with E-state index in [1.807, 2.05) is 48.5 Å². The van der Waals surface area contributed by atoms with Crippen LogP contribution in [0.4, 0.5) is 0 Å². The minimum absolute atomic E-state index is 0.237. The highest BCUT2D eigenvalue weighted by Gasteiger charge is 2.09. The van der Waals surface area contributed by atoms with Gasteiger partial charge in [0.25, 0.3) is 0 Å². The summed E-state index contributed by atoms with van der Waals surface area (Å²) in [5, 5.41) is 0. The fraction of sp³-hybridized carbons (Fsp3) is 0.160. The molecule has 0 radical (unpaired) electrons. The van der Waals surface area contributed by atoms with Gasteiger partial charge in [0.05, 0.1) is 0 Å². The minimum atomic E-state index is 0.237. The van der Waals surface area contributed by atoms with Crippen LogP contribution in [0.3, 0.4) is 0 Å². The molecule has 0 heterocycles. The molecule has 0 atom stereocenters. The molecule has 1 heteroatoms. The third kappa shape index (κ3) is 4.71. The largest absolute Gasteiger partial charge is 0.300 e. The summed E-state index contributed by atoms with van der Waals surface area (Å²) in [6, 6.07) is 26.7. The van der Waals surface area contributed by atoms with E-state index in [9.17, 15) is 4.79 Å². The topological polar surface area (TPSA) is 17.1 Å². The first-order chi connectivity index (χ1) is 12.7. The number of carbonyl (C=O) groups is 1. The van der Waals surface area contributed by atoms with Crippen molar-refractivity contribution < 1.29 is 4.79 Å². The van der Waals surface area contributed by atoms with E-state index in [0.29, 0.717) is 6.42 Å². The Hall–Kier alpha value is -3.11. The number of Topliss-reactive ketones (excluding diaryl/α,β-unsaturated/α-hetero) is 1. The van der Waals surface area contributed by atoms with Crippen molar-refractivity contribution in [3.63, 3.8) is 0 Å². The van der Waals surface area contributed by atoms with Crippen molar-refractivity contribution in [2.75, 3.05) is 0 Å². The van der Waals surface area contributed by atoms with Crippen LogP contribution >= 0.6 is 0 Å². The first-order valence-corrected chi connectivity index (χ1v) is 8.98. The number of carbonyl (C=O) groups excluding carboxylic acids is 1. The van der Waals surface area contributed by atoms with Crippen molar-refractivity contribution in [2.24, 2.45) is 0 Å². The molecule has 128 valence electrons. The predicted octanol–water partition coefficient (Wildman–Crippen LogP) is 5.67. The molecule has 0 amide bonds. The molecule has 0 unspecified atom stereocenters. The molecular formula is C25H22O. The lowest BCUT2D eigenvalue weighted by atomic mass is 9.93. The van der Waals surface area contributed by atoms with Crippen molar-refractivity contribution in [3.8, 4) is 23.0 Å². The third-order valence-corrected chi connectivity index (χ3v) is 4.32. The molecule has 1 nitrogen and oxygen atoms in total. The molecule has 0 aliphatic heterocycles. The first-order valence-electron chi connectivity index (χ1n) is 8.98. The van der Waals surface area contributed by atoms with Gasteiger partial charge in [-0.15, -0.1) is 0 Å². The summed E-state index contributed by atoms with van der Waals surface area (Å²) in [5.74, 6) is 6.93. The third-order valence-electron chi connectivity index (χ3n) is 4.32. The molecule has 0 aromatic heterocycles. The zero-order valence-corrected chi connectivity index (χ0v) is 15.0. The Morgan fingerprint density at radius 2 is 1.50 bits per heavy atom. The fourth-order valence-electron chi connectivity index (χ4n) is 3.00. The Balaban J connectivity index is 2.02. The summed E-state index contributed by atoms with van der Waals surface area (Å²) in [7, 11) is 0. The van der Waals surface area contributed by atoms with Gasteiger partial charge in [0.2, 0.25) is 0 Å². The van der Waals surface area contributed by atoms with E-state index in [4.69, 9.17) is 0 Å². The molecule has 0 N–H and O–H groups in total. The maximum atomic E-state index is 11.3. The molecular weight excluding hydrogens is 316 g/mol. The van der Waals surface area contributed by atoms with Gasteiger partial charge in [-0.2, -0.15) is 0 Å². The minimum Gasteiger partial charge on any atom is -0.300 e. The molecule has 3 rings (SSSR count). The number of hydrogen-bond donors (Lipinski definition) is 0. The highest BCUT2D eigenvalue weighted by molar-refractivity contribution is 5.76. The number of ketones is 1. The van der Waals surface area contributed by atoms with Gasteiger partial charge in [0.15, 0.2) is 0 Å². The van der Waals surface area contributed by atoms with Crippen LogP contribution in [0.5, 0.6) is 0 Å². The number of aryl methyl sites for hydroxylation is 1. The maximum absolute atomic E-state index is 11.3. The van der Waals surface area contributed by atoms with E-state index < -0.39 is 0 Å². The Kier molecular flexibility index (Phi) is 6.01. The summed E-state index contributed by atoms with van der Waals surface area (Å²) < 4.78 is 0. The van der Waals surface area contributed by atoms with Crippen LogP contribution < -0.4 is 0 Å². The van der Waals surface area contributed by atoms with Crippen LogP contribution in [0.2, 0.25) is 0 Å². The lowest BCUT2D eigenvalue weighted by Crippen LogP contribution is -1.97. The van der Waals surface area contributed by atoms with E-state index in [2.05, 4.69) is 42.2 Å². The smallest absolute Gasteiger partial charge is 0.129 e. The Bertz CT molecular complexity index is 928. The number of benzene rings is 3. The van der Waals surface area contributed by atoms with Gasteiger partial charge < -0.3 is 4.79 Å².